The van der Waals surface area contributed by atoms with Crippen molar-refractivity contribution in [3.63, 3.8) is 0 Å². The van der Waals surface area contributed by atoms with E-state index in [9.17, 15) is 14.0 Å². The molecule has 6 heteroatoms. The Kier molecular flexibility index (Phi) is 3.27. The first-order chi connectivity index (χ1) is 10.1. The van der Waals surface area contributed by atoms with Gasteiger partial charge in [-0.1, -0.05) is 12.1 Å². The Morgan fingerprint density at radius 2 is 1.76 bits per heavy atom. The van der Waals surface area contributed by atoms with Crippen molar-refractivity contribution in [1.82, 2.24) is 15.3 Å². The zero-order chi connectivity index (χ0) is 14.8. The molecule has 1 aromatic heterocycles. The van der Waals surface area contributed by atoms with Crippen LogP contribution in [0.25, 0.3) is 11.0 Å². The number of hydrogen-bond acceptors (Lipinski definition) is 2. The number of amides is 1. The zero-order valence-corrected chi connectivity index (χ0v) is 10.9. The average molecular weight is 285 g/mol. The molecule has 0 atom stereocenters. The largest absolute Gasteiger partial charge is 0.348 e. The number of benzene rings is 2. The van der Waals surface area contributed by atoms with E-state index in [1.165, 1.54) is 12.1 Å². The maximum atomic E-state index is 12.8. The van der Waals surface area contributed by atoms with E-state index in [-0.39, 0.29) is 17.4 Å². The lowest BCUT2D eigenvalue weighted by Crippen LogP contribution is -2.22. The lowest BCUT2D eigenvalue weighted by molar-refractivity contribution is 0.0951. The first-order valence-electron chi connectivity index (χ1n) is 6.36. The van der Waals surface area contributed by atoms with Crippen molar-refractivity contribution in [2.45, 2.75) is 6.54 Å². The van der Waals surface area contributed by atoms with E-state index < -0.39 is 0 Å². The smallest absolute Gasteiger partial charge is 0.323 e. The maximum Gasteiger partial charge on any atom is 0.323 e. The van der Waals surface area contributed by atoms with E-state index in [0.717, 1.165) is 5.56 Å². The lowest BCUT2D eigenvalue weighted by atomic mass is 10.1. The topological polar surface area (TPSA) is 77.8 Å². The van der Waals surface area contributed by atoms with Gasteiger partial charge in [-0.05, 0) is 35.9 Å². The van der Waals surface area contributed by atoms with Gasteiger partial charge in [0.2, 0.25) is 0 Å². The Bertz CT molecular complexity index is 849. The van der Waals surface area contributed by atoms with Crippen LogP contribution in [-0.2, 0) is 6.54 Å². The number of carbonyl (C=O) groups is 1. The molecule has 0 unspecified atom stereocenters. The molecule has 106 valence electrons. The molecule has 21 heavy (non-hydrogen) atoms. The third-order valence-corrected chi connectivity index (χ3v) is 3.14. The van der Waals surface area contributed by atoms with Crippen LogP contribution in [0.3, 0.4) is 0 Å². The Hall–Kier alpha value is -2.89. The highest BCUT2D eigenvalue weighted by Gasteiger charge is 2.07. The normalized spacial score (nSPS) is 10.7. The molecular weight excluding hydrogens is 273 g/mol. The van der Waals surface area contributed by atoms with Crippen LogP contribution in [0.5, 0.6) is 0 Å². The average Bonchev–Trinajstić information content (AvgIpc) is 2.85. The lowest BCUT2D eigenvalue weighted by Gasteiger charge is -2.05. The first-order valence-corrected chi connectivity index (χ1v) is 6.36. The number of fused-ring (bicyclic) bond motifs is 1. The van der Waals surface area contributed by atoms with E-state index in [1.54, 1.807) is 30.3 Å². The van der Waals surface area contributed by atoms with Crippen molar-refractivity contribution in [3.05, 3.63) is 69.9 Å². The Morgan fingerprint density at radius 1 is 1.05 bits per heavy atom. The summed E-state index contributed by atoms with van der Waals surface area (Å²) in [6.07, 6.45) is 0. The van der Waals surface area contributed by atoms with Gasteiger partial charge in [0, 0.05) is 12.1 Å². The van der Waals surface area contributed by atoms with Crippen molar-refractivity contribution >= 4 is 16.9 Å². The quantitative estimate of drug-likeness (QED) is 0.687. The fraction of sp³-hybridized carbons (Fsp3) is 0.0667. The van der Waals surface area contributed by atoms with Crippen molar-refractivity contribution in [2.24, 2.45) is 0 Å². The van der Waals surface area contributed by atoms with Gasteiger partial charge in [-0.15, -0.1) is 0 Å². The monoisotopic (exact) mass is 285 g/mol. The summed E-state index contributed by atoms with van der Waals surface area (Å²) < 4.78 is 12.8. The molecule has 0 aliphatic heterocycles. The van der Waals surface area contributed by atoms with Crippen LogP contribution in [0.1, 0.15) is 15.9 Å². The molecule has 2 aromatic carbocycles. The van der Waals surface area contributed by atoms with Gasteiger partial charge in [-0.25, -0.2) is 9.18 Å². The highest BCUT2D eigenvalue weighted by Crippen LogP contribution is 2.10. The van der Waals surface area contributed by atoms with Gasteiger partial charge in [-0.2, -0.15) is 0 Å². The minimum Gasteiger partial charge on any atom is -0.348 e. The van der Waals surface area contributed by atoms with Gasteiger partial charge in [0.05, 0.1) is 11.0 Å². The molecule has 1 amide bonds. The van der Waals surface area contributed by atoms with Gasteiger partial charge in [0.1, 0.15) is 5.82 Å². The summed E-state index contributed by atoms with van der Waals surface area (Å²) in [4.78, 5) is 28.4. The number of carbonyl (C=O) groups excluding carboxylic acids is 1. The minimum absolute atomic E-state index is 0.261. The van der Waals surface area contributed by atoms with E-state index in [4.69, 9.17) is 0 Å². The van der Waals surface area contributed by atoms with Crippen LogP contribution in [-0.4, -0.2) is 15.9 Å². The second-order valence-electron chi connectivity index (χ2n) is 4.65. The van der Waals surface area contributed by atoms with Crippen molar-refractivity contribution in [3.8, 4) is 0 Å². The molecule has 3 N–H and O–H groups in total. The second kappa shape index (κ2) is 5.24. The van der Waals surface area contributed by atoms with Gasteiger partial charge >= 0.3 is 5.69 Å². The summed E-state index contributed by atoms with van der Waals surface area (Å²) in [6, 6.07) is 10.8. The summed E-state index contributed by atoms with van der Waals surface area (Å²) in [7, 11) is 0. The Balaban J connectivity index is 1.74. The number of halogens is 1. The fourth-order valence-corrected chi connectivity index (χ4v) is 2.06. The fourth-order valence-electron chi connectivity index (χ4n) is 2.06. The van der Waals surface area contributed by atoms with E-state index in [2.05, 4.69) is 15.3 Å². The molecular formula is C15H12FN3O2. The number of aromatic nitrogens is 2. The minimum atomic E-state index is -0.313. The Labute approximate surface area is 118 Å². The first kappa shape index (κ1) is 13.1. The van der Waals surface area contributed by atoms with Crippen LogP contribution >= 0.6 is 0 Å². The molecule has 0 bridgehead atoms. The zero-order valence-electron chi connectivity index (χ0n) is 10.9. The molecule has 3 rings (SSSR count). The van der Waals surface area contributed by atoms with Gasteiger partial charge in [0.25, 0.3) is 5.91 Å². The SMILES string of the molecule is O=C(NCc1ccc(F)cc1)c1ccc2[nH]c(=O)[nH]c2c1. The standard InChI is InChI=1S/C15H12FN3O2/c16-11-4-1-9(2-5-11)8-17-14(20)10-3-6-12-13(7-10)19-15(21)18-12/h1-7H,8H2,(H,17,20)(H2,18,19,21). The van der Waals surface area contributed by atoms with Gasteiger partial charge in [-0.3, -0.25) is 4.79 Å². The van der Waals surface area contributed by atoms with Crippen LogP contribution in [0.2, 0.25) is 0 Å². The van der Waals surface area contributed by atoms with Crippen molar-refractivity contribution in [1.29, 1.82) is 0 Å². The summed E-state index contributed by atoms with van der Waals surface area (Å²) in [5.74, 6) is -0.574. The van der Waals surface area contributed by atoms with Gasteiger partial charge in [0.15, 0.2) is 0 Å². The van der Waals surface area contributed by atoms with E-state index in [0.29, 0.717) is 23.1 Å². The number of imidazole rings is 1. The third kappa shape index (κ3) is 2.84. The van der Waals surface area contributed by atoms with Crippen molar-refractivity contribution < 1.29 is 9.18 Å². The Morgan fingerprint density at radius 3 is 2.52 bits per heavy atom. The maximum absolute atomic E-state index is 12.8. The molecule has 5 nitrogen and oxygen atoms in total. The molecule has 0 aliphatic rings. The summed E-state index contributed by atoms with van der Waals surface area (Å²) >= 11 is 0. The van der Waals surface area contributed by atoms with Gasteiger partial charge < -0.3 is 15.3 Å². The molecule has 3 aromatic rings. The number of hydrogen-bond donors (Lipinski definition) is 3. The summed E-state index contributed by atoms with van der Waals surface area (Å²) in [6.45, 7) is 0.306. The van der Waals surface area contributed by atoms with E-state index in [1.807, 2.05) is 0 Å². The van der Waals surface area contributed by atoms with Crippen LogP contribution < -0.4 is 11.0 Å². The van der Waals surface area contributed by atoms with Crippen LogP contribution in [0, 0.1) is 5.82 Å². The van der Waals surface area contributed by atoms with Crippen LogP contribution in [0.4, 0.5) is 4.39 Å². The molecule has 0 aliphatic carbocycles. The predicted molar refractivity (Wildman–Crippen MR) is 76.5 cm³/mol. The van der Waals surface area contributed by atoms with Crippen molar-refractivity contribution in [2.75, 3.05) is 0 Å². The molecule has 0 radical (unpaired) electrons. The molecule has 0 spiro atoms. The molecule has 0 fully saturated rings. The predicted octanol–water partition coefficient (Wildman–Crippen LogP) is 1.93. The highest BCUT2D eigenvalue weighted by atomic mass is 19.1. The highest BCUT2D eigenvalue weighted by molar-refractivity contribution is 5.97. The molecule has 0 saturated carbocycles. The van der Waals surface area contributed by atoms with Crippen LogP contribution in [0.15, 0.2) is 47.3 Å². The number of nitrogens with one attached hydrogen (secondary N) is 3. The summed E-state index contributed by atoms with van der Waals surface area (Å²) in [5.41, 5.74) is 2.17. The molecule has 0 saturated heterocycles. The third-order valence-electron chi connectivity index (χ3n) is 3.14. The number of rotatable bonds is 3. The second-order valence-corrected chi connectivity index (χ2v) is 4.65. The number of aromatic amines is 2. The number of H-pyrrole nitrogens is 2. The summed E-state index contributed by atoms with van der Waals surface area (Å²) in [5, 5.41) is 2.74. The van der Waals surface area contributed by atoms with E-state index >= 15 is 0 Å². The molecule has 1 heterocycles.